The summed E-state index contributed by atoms with van der Waals surface area (Å²) in [6.07, 6.45) is -0.679. The molecule has 4 aromatic rings. The van der Waals surface area contributed by atoms with Gasteiger partial charge in [-0.2, -0.15) is 0 Å². The Balaban J connectivity index is 1.34. The number of benzene rings is 4. The number of carboxylic acids is 1. The molecule has 0 spiro atoms. The molecule has 2 atom stereocenters. The molecule has 3 N–H and O–H groups in total. The molecule has 0 radical (unpaired) electrons. The zero-order valence-corrected chi connectivity index (χ0v) is 24.9. The van der Waals surface area contributed by atoms with Gasteiger partial charge in [0.25, 0.3) is 5.91 Å². The van der Waals surface area contributed by atoms with Crippen LogP contribution in [0.1, 0.15) is 36.2 Å². The number of Topliss-reactive ketones (excluding diaryl/α,β-unsaturated/α-hetero) is 1. The zero-order chi connectivity index (χ0) is 32.3. The number of nitrogens with one attached hydrogen (secondary N) is 2. The molecule has 10 nitrogen and oxygen atoms in total. The molecular weight excluding hydrogens is 576 g/mol. The number of carbonyl (C=O) groups excluding carboxylic acids is 4. The van der Waals surface area contributed by atoms with Crippen LogP contribution in [-0.2, 0) is 19.2 Å². The van der Waals surface area contributed by atoms with Gasteiger partial charge in [0.15, 0.2) is 18.2 Å². The van der Waals surface area contributed by atoms with Crippen LogP contribution in [0.4, 0.5) is 0 Å². The Morgan fingerprint density at radius 1 is 0.711 bits per heavy atom. The molecule has 0 heterocycles. The predicted octanol–water partition coefficient (Wildman–Crippen LogP) is 4.20. The van der Waals surface area contributed by atoms with Gasteiger partial charge in [-0.1, -0.05) is 80.6 Å². The van der Waals surface area contributed by atoms with Gasteiger partial charge in [0.1, 0.15) is 30.2 Å². The molecule has 0 aliphatic rings. The van der Waals surface area contributed by atoms with Crippen molar-refractivity contribution in [3.05, 3.63) is 108 Å². The Morgan fingerprint density at radius 3 is 2.04 bits per heavy atom. The van der Waals surface area contributed by atoms with Gasteiger partial charge in [-0.05, 0) is 41.6 Å². The minimum absolute atomic E-state index is 0.172. The average Bonchev–Trinajstić information content (AvgIpc) is 3.04. The number of amides is 2. The molecular formula is C35H34N2O8. The lowest BCUT2D eigenvalue weighted by atomic mass is 10.0. The van der Waals surface area contributed by atoms with Crippen LogP contribution in [0.25, 0.3) is 10.8 Å². The summed E-state index contributed by atoms with van der Waals surface area (Å²) in [4.78, 5) is 63.0. The molecule has 0 aromatic heterocycles. The van der Waals surface area contributed by atoms with Crippen molar-refractivity contribution in [1.29, 1.82) is 0 Å². The molecule has 232 valence electrons. The smallest absolute Gasteiger partial charge is 0.305 e. The SMILES string of the molecule is CC(C)[C@H](NC(=O)COc1cccc2ccccc12)C(=O)N[C@@H](CC(=O)O)C(=O)COc1ccc(C(=O)c2ccccc2)cc1. The number of ketones is 2. The number of hydrogen-bond acceptors (Lipinski definition) is 7. The fraction of sp³-hybridized carbons (Fsp3) is 0.229. The van der Waals surface area contributed by atoms with E-state index in [9.17, 15) is 29.1 Å². The maximum absolute atomic E-state index is 13.2. The average molecular weight is 611 g/mol. The van der Waals surface area contributed by atoms with Crippen LogP contribution in [0, 0.1) is 5.92 Å². The summed E-state index contributed by atoms with van der Waals surface area (Å²) in [5.41, 5.74) is 0.960. The molecule has 0 bridgehead atoms. The lowest BCUT2D eigenvalue weighted by Crippen LogP contribution is -2.55. The van der Waals surface area contributed by atoms with E-state index in [1.807, 2.05) is 42.5 Å². The molecule has 4 aromatic carbocycles. The van der Waals surface area contributed by atoms with Crippen LogP contribution in [-0.4, -0.2) is 59.8 Å². The number of carboxylic acid groups (broad SMARTS) is 1. The first-order valence-electron chi connectivity index (χ1n) is 14.4. The van der Waals surface area contributed by atoms with Crippen molar-refractivity contribution in [2.45, 2.75) is 32.4 Å². The van der Waals surface area contributed by atoms with Crippen molar-refractivity contribution in [1.82, 2.24) is 10.6 Å². The fourth-order valence-corrected chi connectivity index (χ4v) is 4.61. The van der Waals surface area contributed by atoms with E-state index in [0.29, 0.717) is 16.9 Å². The summed E-state index contributed by atoms with van der Waals surface area (Å²) in [6, 6.07) is 25.5. The third kappa shape index (κ3) is 8.99. The highest BCUT2D eigenvalue weighted by molar-refractivity contribution is 6.09. The topological polar surface area (TPSA) is 148 Å². The molecule has 45 heavy (non-hydrogen) atoms. The van der Waals surface area contributed by atoms with Crippen LogP contribution in [0.2, 0.25) is 0 Å². The van der Waals surface area contributed by atoms with Crippen LogP contribution in [0.3, 0.4) is 0 Å². The zero-order valence-electron chi connectivity index (χ0n) is 24.9. The Hall–Kier alpha value is -5.51. The summed E-state index contributed by atoms with van der Waals surface area (Å²) in [6.45, 7) is 2.53. The predicted molar refractivity (Wildman–Crippen MR) is 167 cm³/mol. The summed E-state index contributed by atoms with van der Waals surface area (Å²) in [5.74, 6) is -3.02. The van der Waals surface area contributed by atoms with Crippen molar-refractivity contribution in [3.8, 4) is 11.5 Å². The fourth-order valence-electron chi connectivity index (χ4n) is 4.61. The van der Waals surface area contributed by atoms with Crippen molar-refractivity contribution >= 4 is 40.1 Å². The van der Waals surface area contributed by atoms with Crippen LogP contribution in [0.5, 0.6) is 11.5 Å². The van der Waals surface area contributed by atoms with Crippen molar-refractivity contribution in [2.24, 2.45) is 5.92 Å². The third-order valence-electron chi connectivity index (χ3n) is 6.99. The first-order chi connectivity index (χ1) is 21.6. The molecule has 0 saturated heterocycles. The second-order valence-corrected chi connectivity index (χ2v) is 10.7. The van der Waals surface area contributed by atoms with Gasteiger partial charge in [-0.15, -0.1) is 0 Å². The highest BCUT2D eigenvalue weighted by Gasteiger charge is 2.30. The van der Waals surface area contributed by atoms with Crippen LogP contribution >= 0.6 is 0 Å². The van der Waals surface area contributed by atoms with E-state index < -0.39 is 48.7 Å². The maximum atomic E-state index is 13.2. The van der Waals surface area contributed by atoms with Gasteiger partial charge in [0.2, 0.25) is 5.91 Å². The van der Waals surface area contributed by atoms with E-state index in [0.717, 1.165) is 10.8 Å². The molecule has 0 saturated carbocycles. The van der Waals surface area contributed by atoms with Gasteiger partial charge < -0.3 is 25.2 Å². The highest BCUT2D eigenvalue weighted by Crippen LogP contribution is 2.25. The standard InChI is InChI=1S/C35H34N2O8/c1-22(2)33(37-31(39)21-45-30-14-8-12-23-9-6-7-13-27(23)30)35(43)36-28(19-32(40)41)29(38)20-44-26-17-15-25(16-18-26)34(42)24-10-4-3-5-11-24/h3-18,22,28,33H,19-21H2,1-2H3,(H,36,43)(H,37,39)(H,40,41)/t28-,33-/m0/s1. The third-order valence-corrected chi connectivity index (χ3v) is 6.99. The van der Waals surface area contributed by atoms with E-state index in [1.54, 1.807) is 56.3 Å². The van der Waals surface area contributed by atoms with Gasteiger partial charge >= 0.3 is 5.97 Å². The van der Waals surface area contributed by atoms with Crippen LogP contribution in [0.15, 0.2) is 97.1 Å². The lowest BCUT2D eigenvalue weighted by Gasteiger charge is -2.24. The van der Waals surface area contributed by atoms with Gasteiger partial charge in [-0.3, -0.25) is 24.0 Å². The monoisotopic (exact) mass is 610 g/mol. The molecule has 2 amide bonds. The molecule has 4 rings (SSSR count). The first-order valence-corrected chi connectivity index (χ1v) is 14.4. The minimum atomic E-state index is -1.40. The summed E-state index contributed by atoms with van der Waals surface area (Å²) in [5, 5.41) is 16.3. The second kappa shape index (κ2) is 15.3. The molecule has 0 unspecified atom stereocenters. The Morgan fingerprint density at radius 2 is 1.36 bits per heavy atom. The first kappa shape index (κ1) is 32.4. The number of carbonyl (C=O) groups is 5. The van der Waals surface area contributed by atoms with E-state index in [2.05, 4.69) is 10.6 Å². The minimum Gasteiger partial charge on any atom is -0.486 e. The molecule has 10 heteroatoms. The summed E-state index contributed by atoms with van der Waals surface area (Å²) < 4.78 is 11.3. The van der Waals surface area contributed by atoms with Gasteiger partial charge in [-0.25, -0.2) is 0 Å². The van der Waals surface area contributed by atoms with E-state index in [1.165, 1.54) is 12.1 Å². The normalized spacial score (nSPS) is 12.2. The van der Waals surface area contributed by atoms with E-state index in [4.69, 9.17) is 9.47 Å². The molecule has 0 aliphatic heterocycles. The summed E-state index contributed by atoms with van der Waals surface area (Å²) in [7, 11) is 0. The van der Waals surface area contributed by atoms with Crippen molar-refractivity contribution < 1.29 is 38.6 Å². The van der Waals surface area contributed by atoms with Gasteiger partial charge in [0.05, 0.1) is 6.42 Å². The number of aliphatic carboxylic acids is 1. The van der Waals surface area contributed by atoms with Crippen LogP contribution < -0.4 is 20.1 Å². The maximum Gasteiger partial charge on any atom is 0.305 e. The van der Waals surface area contributed by atoms with Gasteiger partial charge in [0, 0.05) is 16.5 Å². The van der Waals surface area contributed by atoms with E-state index in [-0.39, 0.29) is 24.1 Å². The van der Waals surface area contributed by atoms with Crippen molar-refractivity contribution in [2.75, 3.05) is 13.2 Å². The number of hydrogen-bond donors (Lipinski definition) is 3. The largest absolute Gasteiger partial charge is 0.486 e. The Labute approximate surface area is 260 Å². The lowest BCUT2D eigenvalue weighted by molar-refractivity contribution is -0.141. The molecule has 0 fully saturated rings. The second-order valence-electron chi connectivity index (χ2n) is 10.7. The number of rotatable bonds is 15. The Kier molecular flexibility index (Phi) is 11.0. The Bertz CT molecular complexity index is 1660. The summed E-state index contributed by atoms with van der Waals surface area (Å²) >= 11 is 0. The van der Waals surface area contributed by atoms with E-state index >= 15 is 0 Å². The highest BCUT2D eigenvalue weighted by atomic mass is 16.5. The number of ether oxygens (including phenoxy) is 2. The molecule has 0 aliphatic carbocycles. The van der Waals surface area contributed by atoms with Crippen molar-refractivity contribution in [3.63, 3.8) is 0 Å². The number of fused-ring (bicyclic) bond motifs is 1. The quantitative estimate of drug-likeness (QED) is 0.170.